The number of aromatic nitrogens is 2. The molecule has 1 aliphatic heterocycles. The molecule has 2 aromatic heterocycles. The van der Waals surface area contributed by atoms with Crippen LogP contribution in [0.25, 0.3) is 10.9 Å². The molecule has 0 aliphatic carbocycles. The minimum atomic E-state index is -0.263. The van der Waals surface area contributed by atoms with Crippen LogP contribution < -0.4 is 15.6 Å². The first-order chi connectivity index (χ1) is 19.8. The Hall–Kier alpha value is -4.35. The number of nitriles is 1. The Kier molecular flexibility index (Phi) is 8.27. The number of aromatic amines is 1. The number of pyridine rings is 1. The lowest BCUT2D eigenvalue weighted by Crippen LogP contribution is -2.36. The van der Waals surface area contributed by atoms with Crippen LogP contribution in [0.5, 0.6) is 5.75 Å². The number of hydrogen-bond acceptors (Lipinski definition) is 5. The monoisotopic (exact) mass is 551 g/mol. The van der Waals surface area contributed by atoms with Gasteiger partial charge in [0.25, 0.3) is 11.5 Å². The predicted molar refractivity (Wildman–Crippen MR) is 160 cm³/mol. The van der Waals surface area contributed by atoms with Gasteiger partial charge in [-0.05, 0) is 82.4 Å². The highest BCUT2D eigenvalue weighted by Gasteiger charge is 2.29. The summed E-state index contributed by atoms with van der Waals surface area (Å²) < 4.78 is 7.73. The van der Waals surface area contributed by atoms with E-state index in [1.54, 1.807) is 13.0 Å². The maximum atomic E-state index is 13.6. The first-order valence-electron chi connectivity index (χ1n) is 14.2. The Balaban J connectivity index is 1.32. The number of carbonyl (C=O) groups is 1. The van der Waals surface area contributed by atoms with Crippen molar-refractivity contribution in [3.63, 3.8) is 0 Å². The van der Waals surface area contributed by atoms with Crippen molar-refractivity contribution in [1.82, 2.24) is 19.8 Å². The zero-order chi connectivity index (χ0) is 29.1. The summed E-state index contributed by atoms with van der Waals surface area (Å²) in [4.78, 5) is 31.4. The topological polar surface area (TPSA) is 103 Å². The molecule has 8 nitrogen and oxygen atoms in total. The fraction of sp³-hybridized carbons (Fsp3) is 0.364. The average molecular weight is 552 g/mol. The second-order valence-electron chi connectivity index (χ2n) is 11.0. The number of likely N-dealkylation sites (tertiary alicyclic amines) is 1. The maximum Gasteiger partial charge on any atom is 0.256 e. The normalized spacial score (nSPS) is 15.0. The first kappa shape index (κ1) is 28.2. The van der Waals surface area contributed by atoms with Crippen LogP contribution in [0, 0.1) is 31.1 Å². The van der Waals surface area contributed by atoms with Gasteiger partial charge in [-0.2, -0.15) is 5.26 Å². The second-order valence-corrected chi connectivity index (χ2v) is 11.0. The number of nitrogens with zero attached hydrogens (tertiary/aromatic N) is 3. The van der Waals surface area contributed by atoms with E-state index in [1.807, 2.05) is 49.4 Å². The second kappa shape index (κ2) is 12.0. The number of hydrogen-bond donors (Lipinski definition) is 2. The molecular formula is C33H37N5O3. The van der Waals surface area contributed by atoms with Crippen molar-refractivity contribution in [2.45, 2.75) is 52.7 Å². The molecule has 5 rings (SSSR count). The van der Waals surface area contributed by atoms with E-state index in [9.17, 15) is 9.59 Å². The minimum Gasteiger partial charge on any atom is -0.496 e. The van der Waals surface area contributed by atoms with E-state index < -0.39 is 0 Å². The van der Waals surface area contributed by atoms with Crippen molar-refractivity contribution in [1.29, 1.82) is 5.26 Å². The third kappa shape index (κ3) is 5.77. The van der Waals surface area contributed by atoms with E-state index in [2.05, 4.69) is 38.8 Å². The zero-order valence-electron chi connectivity index (χ0n) is 24.2. The maximum absolute atomic E-state index is 13.6. The van der Waals surface area contributed by atoms with Crippen LogP contribution in [0.3, 0.4) is 0 Å². The van der Waals surface area contributed by atoms with Crippen molar-refractivity contribution in [2.24, 2.45) is 5.92 Å². The van der Waals surface area contributed by atoms with Crippen LogP contribution in [0.2, 0.25) is 0 Å². The third-order valence-corrected chi connectivity index (χ3v) is 8.47. The van der Waals surface area contributed by atoms with Crippen molar-refractivity contribution < 1.29 is 9.53 Å². The van der Waals surface area contributed by atoms with E-state index in [4.69, 9.17) is 10.00 Å². The number of para-hydroxylation sites is 1. The number of H-pyrrole nitrogens is 1. The van der Waals surface area contributed by atoms with Crippen LogP contribution in [0.4, 0.5) is 0 Å². The Morgan fingerprint density at radius 3 is 2.54 bits per heavy atom. The lowest BCUT2D eigenvalue weighted by Gasteiger charge is -2.36. The predicted octanol–water partition coefficient (Wildman–Crippen LogP) is 5.23. The Morgan fingerprint density at radius 1 is 1.15 bits per heavy atom. The molecule has 0 saturated carbocycles. The van der Waals surface area contributed by atoms with Crippen LogP contribution in [0.1, 0.15) is 64.2 Å². The van der Waals surface area contributed by atoms with Gasteiger partial charge in [0.1, 0.15) is 5.75 Å². The largest absolute Gasteiger partial charge is 0.496 e. The fourth-order valence-corrected chi connectivity index (χ4v) is 6.24. The molecule has 8 heteroatoms. The van der Waals surface area contributed by atoms with E-state index >= 15 is 0 Å². The van der Waals surface area contributed by atoms with Crippen LogP contribution in [0.15, 0.2) is 59.4 Å². The number of methoxy groups -OCH3 is 1. The molecule has 1 fully saturated rings. The molecule has 0 bridgehead atoms. The molecule has 1 atom stereocenters. The van der Waals surface area contributed by atoms with Gasteiger partial charge < -0.3 is 19.6 Å². The number of ether oxygens (including phenoxy) is 1. The molecule has 2 N–H and O–H groups in total. The van der Waals surface area contributed by atoms with Crippen LogP contribution in [-0.2, 0) is 13.1 Å². The van der Waals surface area contributed by atoms with E-state index in [1.165, 1.54) is 12.7 Å². The highest BCUT2D eigenvalue weighted by molar-refractivity contribution is 6.08. The average Bonchev–Trinajstić information content (AvgIpc) is 3.28. The highest BCUT2D eigenvalue weighted by atomic mass is 16.5. The van der Waals surface area contributed by atoms with Gasteiger partial charge in [-0.1, -0.05) is 30.3 Å². The highest BCUT2D eigenvalue weighted by Crippen LogP contribution is 2.36. The van der Waals surface area contributed by atoms with Gasteiger partial charge in [-0.15, -0.1) is 0 Å². The number of fused-ring (bicyclic) bond motifs is 1. The Morgan fingerprint density at radius 2 is 1.85 bits per heavy atom. The van der Waals surface area contributed by atoms with Gasteiger partial charge in [-0.25, -0.2) is 0 Å². The van der Waals surface area contributed by atoms with Crippen molar-refractivity contribution in [2.75, 3.05) is 20.2 Å². The molecule has 212 valence electrons. The SMILES string of the molecule is COc1cc(C)[nH]c(=O)c1CNC(=O)c1c(C)n(C(C)C2CCN(Cc3ccc(C#N)cc3)CC2)c2ccccc12. The van der Waals surface area contributed by atoms with Crippen molar-refractivity contribution in [3.8, 4) is 11.8 Å². The summed E-state index contributed by atoms with van der Waals surface area (Å²) in [6.45, 7) is 9.05. The molecule has 3 heterocycles. The number of aryl methyl sites for hydroxylation is 1. The molecule has 4 aromatic rings. The smallest absolute Gasteiger partial charge is 0.256 e. The number of carbonyl (C=O) groups excluding carboxylic acids is 1. The molecule has 0 spiro atoms. The number of nitrogens with one attached hydrogen (secondary N) is 2. The molecule has 2 aromatic carbocycles. The van der Waals surface area contributed by atoms with E-state index in [0.29, 0.717) is 34.1 Å². The van der Waals surface area contributed by atoms with Gasteiger partial charge in [0.2, 0.25) is 0 Å². The quantitative estimate of drug-likeness (QED) is 0.312. The summed E-state index contributed by atoms with van der Waals surface area (Å²) in [6.07, 6.45) is 2.14. The number of piperidine rings is 1. The van der Waals surface area contributed by atoms with Gasteiger partial charge in [0.05, 0.1) is 36.4 Å². The summed E-state index contributed by atoms with van der Waals surface area (Å²) in [5.41, 5.74) is 5.38. The standard InChI is InChI=1S/C33H37N5O3/c1-21-17-30(41-4)28(32(39)36-21)19-35-33(40)31-23(3)38(29-8-6-5-7-27(29)31)22(2)26-13-15-37(16-14-26)20-25-11-9-24(18-34)10-12-25/h5-12,17,22,26H,13-16,19-20H2,1-4H3,(H,35,40)(H,36,39). The summed E-state index contributed by atoms with van der Waals surface area (Å²) in [5, 5.41) is 12.9. The molecule has 1 aliphatic rings. The van der Waals surface area contributed by atoms with Crippen molar-refractivity contribution in [3.05, 3.63) is 98.6 Å². The molecule has 0 radical (unpaired) electrons. The Bertz CT molecular complexity index is 1650. The molecule has 41 heavy (non-hydrogen) atoms. The van der Waals surface area contributed by atoms with Gasteiger partial charge in [0.15, 0.2) is 0 Å². The van der Waals surface area contributed by atoms with Crippen LogP contribution >= 0.6 is 0 Å². The Labute approximate surface area is 240 Å². The summed E-state index contributed by atoms with van der Waals surface area (Å²) >= 11 is 0. The summed E-state index contributed by atoms with van der Waals surface area (Å²) in [6, 6.07) is 20.1. The number of rotatable bonds is 8. The summed E-state index contributed by atoms with van der Waals surface area (Å²) in [7, 11) is 1.52. The fourth-order valence-electron chi connectivity index (χ4n) is 6.24. The lowest BCUT2D eigenvalue weighted by atomic mass is 9.89. The van der Waals surface area contributed by atoms with Gasteiger partial charge in [-0.3, -0.25) is 14.5 Å². The van der Waals surface area contributed by atoms with E-state index in [0.717, 1.165) is 49.1 Å². The van der Waals surface area contributed by atoms with Gasteiger partial charge >= 0.3 is 0 Å². The summed E-state index contributed by atoms with van der Waals surface area (Å²) in [5.74, 6) is 0.738. The molecule has 1 unspecified atom stereocenters. The molecular weight excluding hydrogens is 514 g/mol. The van der Waals surface area contributed by atoms with Crippen LogP contribution in [-0.4, -0.2) is 40.6 Å². The van der Waals surface area contributed by atoms with Crippen molar-refractivity contribution >= 4 is 16.8 Å². The first-order valence-corrected chi connectivity index (χ1v) is 14.2. The number of benzene rings is 2. The minimum absolute atomic E-state index is 0.0732. The molecule has 1 amide bonds. The lowest BCUT2D eigenvalue weighted by molar-refractivity contribution is 0.0951. The molecule has 1 saturated heterocycles. The number of amides is 1. The van der Waals surface area contributed by atoms with E-state index in [-0.39, 0.29) is 24.1 Å². The zero-order valence-corrected chi connectivity index (χ0v) is 24.2. The van der Waals surface area contributed by atoms with Gasteiger partial charge in [0, 0.05) is 34.9 Å². The third-order valence-electron chi connectivity index (χ3n) is 8.47.